The Morgan fingerprint density at radius 1 is 1.07 bits per heavy atom. The van der Waals surface area contributed by atoms with Gasteiger partial charge < -0.3 is 19.7 Å². The van der Waals surface area contributed by atoms with Gasteiger partial charge in [0.15, 0.2) is 0 Å². The quantitative estimate of drug-likeness (QED) is 0.281. The van der Waals surface area contributed by atoms with Gasteiger partial charge in [0.25, 0.3) is 5.91 Å². The third-order valence-electron chi connectivity index (χ3n) is 7.62. The van der Waals surface area contributed by atoms with Gasteiger partial charge in [0.1, 0.15) is 12.4 Å². The summed E-state index contributed by atoms with van der Waals surface area (Å²) in [5.41, 5.74) is 4.98. The monoisotopic (exact) mass is 561 g/mol. The van der Waals surface area contributed by atoms with Crippen LogP contribution in [0.3, 0.4) is 0 Å². The van der Waals surface area contributed by atoms with Crippen molar-refractivity contribution in [3.8, 4) is 5.75 Å². The summed E-state index contributed by atoms with van der Waals surface area (Å²) >= 11 is 0. The fourth-order valence-electron chi connectivity index (χ4n) is 5.44. The average Bonchev–Trinajstić information content (AvgIpc) is 3.00. The number of rotatable bonds is 8. The van der Waals surface area contributed by atoms with Crippen molar-refractivity contribution in [2.45, 2.75) is 26.0 Å². The molecule has 0 spiro atoms. The number of nitrogens with one attached hydrogen (secondary N) is 2. The van der Waals surface area contributed by atoms with Crippen LogP contribution in [0.25, 0.3) is 10.9 Å². The van der Waals surface area contributed by atoms with Crippen LogP contribution in [0, 0.1) is 12.8 Å². The Kier molecular flexibility index (Phi) is 9.07. The van der Waals surface area contributed by atoms with Crippen LogP contribution >= 0.6 is 0 Å². The number of carbonyl (C=O) groups is 3. The summed E-state index contributed by atoms with van der Waals surface area (Å²) in [7, 11) is 0. The number of para-hydroxylation sites is 1. The summed E-state index contributed by atoms with van der Waals surface area (Å²) < 4.78 is 11.3. The molecular formula is C30H35N5O6. The van der Waals surface area contributed by atoms with E-state index in [1.165, 1.54) is 0 Å². The Morgan fingerprint density at radius 2 is 1.83 bits per heavy atom. The van der Waals surface area contributed by atoms with Crippen molar-refractivity contribution >= 4 is 28.6 Å². The lowest BCUT2D eigenvalue weighted by Gasteiger charge is -2.38. The highest BCUT2D eigenvalue weighted by Crippen LogP contribution is 2.22. The van der Waals surface area contributed by atoms with Gasteiger partial charge in [0.05, 0.1) is 37.2 Å². The molecule has 11 nitrogen and oxygen atoms in total. The minimum atomic E-state index is -0.625. The maximum atomic E-state index is 13.2. The maximum absolute atomic E-state index is 13.2. The summed E-state index contributed by atoms with van der Waals surface area (Å²) in [6.45, 7) is 5.46. The van der Waals surface area contributed by atoms with Gasteiger partial charge in [-0.25, -0.2) is 5.48 Å². The van der Waals surface area contributed by atoms with E-state index >= 15 is 0 Å². The number of piperidine rings is 1. The van der Waals surface area contributed by atoms with E-state index in [4.69, 9.17) is 9.47 Å². The van der Waals surface area contributed by atoms with Crippen LogP contribution < -0.4 is 15.5 Å². The number of carbonyl (C=O) groups excluding carboxylic acids is 3. The molecule has 0 radical (unpaired) electrons. The molecule has 0 unspecified atom stereocenters. The largest absolute Gasteiger partial charge is 0.489 e. The number of hydrogen-bond donors (Lipinski definition) is 3. The first kappa shape index (κ1) is 28.5. The third kappa shape index (κ3) is 6.99. The van der Waals surface area contributed by atoms with Gasteiger partial charge in [0.2, 0.25) is 11.8 Å². The molecule has 5 rings (SSSR count). The molecule has 0 saturated carbocycles. The standard InChI is InChI=1S/C30H35N5O6/c1-20-16-22(24-4-2-3-5-26(24)31-20)19-41-23-8-6-21(7-9-23)29(37)32-27-17-34(11-10-25(27)30(38)33-39)18-28(36)35-12-14-40-15-13-35/h2-9,16,25,27,39H,10-15,17-19H2,1H3,(H,32,37)(H,33,38)/t25-,27+/m0/s1. The summed E-state index contributed by atoms with van der Waals surface area (Å²) in [5, 5.41) is 13.2. The van der Waals surface area contributed by atoms with E-state index in [1.807, 2.05) is 42.2 Å². The van der Waals surface area contributed by atoms with E-state index in [0.29, 0.717) is 63.7 Å². The molecule has 2 aliphatic heterocycles. The minimum Gasteiger partial charge on any atom is -0.489 e. The fraction of sp³-hybridized carbons (Fsp3) is 0.400. The molecule has 2 fully saturated rings. The molecule has 2 aromatic carbocycles. The highest BCUT2D eigenvalue weighted by Gasteiger charge is 2.36. The van der Waals surface area contributed by atoms with Crippen molar-refractivity contribution < 1.29 is 29.1 Å². The number of amides is 3. The molecule has 3 amide bonds. The Labute approximate surface area is 238 Å². The number of benzene rings is 2. The van der Waals surface area contributed by atoms with Crippen molar-refractivity contribution in [2.24, 2.45) is 5.92 Å². The molecule has 3 N–H and O–H groups in total. The zero-order valence-corrected chi connectivity index (χ0v) is 23.0. The summed E-state index contributed by atoms with van der Waals surface area (Å²) in [4.78, 5) is 46.6. The Hall–Kier alpha value is -4.06. The molecule has 0 bridgehead atoms. The van der Waals surface area contributed by atoms with E-state index in [-0.39, 0.29) is 18.4 Å². The second-order valence-corrected chi connectivity index (χ2v) is 10.4. The van der Waals surface area contributed by atoms with Crippen molar-refractivity contribution in [3.63, 3.8) is 0 Å². The van der Waals surface area contributed by atoms with Crippen molar-refractivity contribution in [1.82, 2.24) is 25.6 Å². The molecule has 2 saturated heterocycles. The number of pyridine rings is 1. The van der Waals surface area contributed by atoms with Crippen LogP contribution in [-0.2, 0) is 20.9 Å². The fourth-order valence-corrected chi connectivity index (χ4v) is 5.44. The van der Waals surface area contributed by atoms with Crippen molar-refractivity contribution in [3.05, 3.63) is 71.4 Å². The van der Waals surface area contributed by atoms with Gasteiger partial charge in [-0.15, -0.1) is 0 Å². The van der Waals surface area contributed by atoms with Crippen molar-refractivity contribution in [1.29, 1.82) is 0 Å². The molecule has 11 heteroatoms. The van der Waals surface area contributed by atoms with E-state index in [1.54, 1.807) is 34.6 Å². The number of likely N-dealkylation sites (tertiary alicyclic amines) is 1. The minimum absolute atomic E-state index is 0.00560. The zero-order valence-electron chi connectivity index (χ0n) is 23.0. The van der Waals surface area contributed by atoms with Gasteiger partial charge >= 0.3 is 0 Å². The van der Waals surface area contributed by atoms with E-state index in [0.717, 1.165) is 22.2 Å². The van der Waals surface area contributed by atoms with Gasteiger partial charge in [-0.05, 0) is 56.3 Å². The van der Waals surface area contributed by atoms with Crippen LogP contribution in [0.2, 0.25) is 0 Å². The Morgan fingerprint density at radius 3 is 2.59 bits per heavy atom. The lowest BCUT2D eigenvalue weighted by molar-refractivity contribution is -0.138. The smallest absolute Gasteiger partial charge is 0.251 e. The number of hydrogen-bond acceptors (Lipinski definition) is 8. The Balaban J connectivity index is 1.21. The summed E-state index contributed by atoms with van der Waals surface area (Å²) in [5.74, 6) is -0.927. The van der Waals surface area contributed by atoms with E-state index in [9.17, 15) is 19.6 Å². The van der Waals surface area contributed by atoms with Crippen LogP contribution in [0.5, 0.6) is 5.75 Å². The average molecular weight is 562 g/mol. The number of fused-ring (bicyclic) bond motifs is 1. The van der Waals surface area contributed by atoms with Crippen LogP contribution in [0.1, 0.15) is 28.0 Å². The number of hydroxylamine groups is 1. The molecule has 2 aliphatic rings. The first-order valence-electron chi connectivity index (χ1n) is 13.8. The molecule has 0 aliphatic carbocycles. The number of aryl methyl sites for hydroxylation is 1. The first-order valence-corrected chi connectivity index (χ1v) is 13.8. The predicted octanol–water partition coefficient (Wildman–Crippen LogP) is 1.91. The molecule has 3 aromatic rings. The van der Waals surface area contributed by atoms with E-state index < -0.39 is 17.9 Å². The van der Waals surface area contributed by atoms with Gasteiger partial charge in [0, 0.05) is 41.8 Å². The van der Waals surface area contributed by atoms with Crippen LogP contribution in [0.4, 0.5) is 0 Å². The summed E-state index contributed by atoms with van der Waals surface area (Å²) in [6.07, 6.45) is 0.393. The number of ether oxygens (including phenoxy) is 2. The molecule has 3 heterocycles. The lowest BCUT2D eigenvalue weighted by atomic mass is 9.90. The van der Waals surface area contributed by atoms with Gasteiger partial charge in [-0.1, -0.05) is 18.2 Å². The molecule has 1 aromatic heterocycles. The highest BCUT2D eigenvalue weighted by atomic mass is 16.5. The molecule has 41 heavy (non-hydrogen) atoms. The number of nitrogens with zero attached hydrogens (tertiary/aromatic N) is 3. The first-order chi connectivity index (χ1) is 19.9. The lowest BCUT2D eigenvalue weighted by Crippen LogP contribution is -2.58. The second kappa shape index (κ2) is 13.1. The molecular weight excluding hydrogens is 526 g/mol. The molecule has 2 atom stereocenters. The van der Waals surface area contributed by atoms with E-state index in [2.05, 4.69) is 10.3 Å². The van der Waals surface area contributed by atoms with Gasteiger partial charge in [-0.2, -0.15) is 0 Å². The molecule has 216 valence electrons. The maximum Gasteiger partial charge on any atom is 0.251 e. The van der Waals surface area contributed by atoms with Crippen molar-refractivity contribution in [2.75, 3.05) is 45.9 Å². The topological polar surface area (TPSA) is 133 Å². The summed E-state index contributed by atoms with van der Waals surface area (Å²) in [6, 6.07) is 16.1. The van der Waals surface area contributed by atoms with Crippen LogP contribution in [-0.4, -0.2) is 89.7 Å². The third-order valence-corrected chi connectivity index (χ3v) is 7.62. The zero-order chi connectivity index (χ0) is 28.8. The number of aromatic nitrogens is 1. The number of morpholine rings is 1. The SMILES string of the molecule is Cc1cc(COc2ccc(C(=O)N[C@@H]3CN(CC(=O)N4CCOCC4)CC[C@@H]3C(=O)NO)cc2)c2ccccc2n1. The normalized spacial score (nSPS) is 19.5. The van der Waals surface area contributed by atoms with Gasteiger partial charge in [-0.3, -0.25) is 29.5 Å². The highest BCUT2D eigenvalue weighted by molar-refractivity contribution is 5.95. The van der Waals surface area contributed by atoms with Crippen LogP contribution in [0.15, 0.2) is 54.6 Å². The predicted molar refractivity (Wildman–Crippen MR) is 150 cm³/mol. The Bertz CT molecular complexity index is 1390. The second-order valence-electron chi connectivity index (χ2n) is 10.4.